The van der Waals surface area contributed by atoms with E-state index in [2.05, 4.69) is 21.7 Å². The lowest BCUT2D eigenvalue weighted by atomic mass is 10.1. The first-order chi connectivity index (χ1) is 15.7. The molecule has 0 saturated carbocycles. The summed E-state index contributed by atoms with van der Waals surface area (Å²) in [6, 6.07) is 27.7. The zero-order valence-electron chi connectivity index (χ0n) is 17.4. The van der Waals surface area contributed by atoms with Gasteiger partial charge in [-0.3, -0.25) is 9.13 Å². The fraction of sp³-hybridized carbons (Fsp3) is 0.0769. The average molecular weight is 442 g/mol. The number of fused-ring (bicyclic) bond motifs is 1. The van der Waals surface area contributed by atoms with Crippen molar-refractivity contribution >= 4 is 28.5 Å². The van der Waals surface area contributed by atoms with Crippen LogP contribution in [0.4, 0.5) is 0 Å². The number of hydrogen-bond donors (Lipinski definition) is 0. The van der Waals surface area contributed by atoms with Crippen LogP contribution in [0.5, 0.6) is 0 Å². The number of ether oxygens (including phenoxy) is 1. The normalized spacial score (nSPS) is 11.1. The van der Waals surface area contributed by atoms with E-state index in [1.165, 1.54) is 0 Å². The second-order valence-corrected chi connectivity index (χ2v) is 7.71. The molecule has 0 atom stereocenters. The second-order valence-electron chi connectivity index (χ2n) is 7.27. The van der Waals surface area contributed by atoms with Crippen molar-refractivity contribution in [2.75, 3.05) is 6.61 Å². The van der Waals surface area contributed by atoms with E-state index in [1.54, 1.807) is 13.3 Å². The van der Waals surface area contributed by atoms with Gasteiger partial charge in [-0.15, -0.1) is 0 Å². The van der Waals surface area contributed by atoms with Crippen LogP contribution in [0.3, 0.4) is 0 Å². The van der Waals surface area contributed by atoms with Gasteiger partial charge in [0.25, 0.3) is 0 Å². The largest absolute Gasteiger partial charge is 0.461 e. The van der Waals surface area contributed by atoms with Crippen molar-refractivity contribution in [1.82, 2.24) is 14.1 Å². The highest BCUT2D eigenvalue weighted by atomic mass is 35.5. The van der Waals surface area contributed by atoms with Crippen molar-refractivity contribution < 1.29 is 9.53 Å². The Balaban J connectivity index is 1.85. The van der Waals surface area contributed by atoms with Gasteiger partial charge in [-0.1, -0.05) is 60.1 Å². The van der Waals surface area contributed by atoms with E-state index < -0.39 is 5.97 Å². The predicted octanol–water partition coefficient (Wildman–Crippen LogP) is 6.31. The number of imidazole rings is 1. The number of esters is 1. The Kier molecular flexibility index (Phi) is 5.25. The van der Waals surface area contributed by atoms with Gasteiger partial charge in [0.15, 0.2) is 11.5 Å². The summed E-state index contributed by atoms with van der Waals surface area (Å²) in [5, 5.41) is 1.71. The Bertz CT molecular complexity index is 1400. The van der Waals surface area contributed by atoms with Gasteiger partial charge in [0.05, 0.1) is 17.8 Å². The van der Waals surface area contributed by atoms with Crippen molar-refractivity contribution in [3.63, 3.8) is 0 Å². The molecule has 0 N–H and O–H groups in total. The fourth-order valence-electron chi connectivity index (χ4n) is 3.89. The zero-order valence-corrected chi connectivity index (χ0v) is 18.2. The Morgan fingerprint density at radius 1 is 0.969 bits per heavy atom. The molecule has 5 aromatic rings. The summed E-state index contributed by atoms with van der Waals surface area (Å²) in [6.45, 7) is 2.06. The zero-order chi connectivity index (χ0) is 22.1. The highest BCUT2D eigenvalue weighted by Crippen LogP contribution is 2.34. The molecule has 3 aromatic carbocycles. The lowest BCUT2D eigenvalue weighted by Crippen LogP contribution is -2.13. The molecule has 0 saturated heterocycles. The third-order valence-electron chi connectivity index (χ3n) is 5.31. The molecule has 5 rings (SSSR count). The molecule has 2 aromatic heterocycles. The summed E-state index contributed by atoms with van der Waals surface area (Å²) in [5.41, 5.74) is 4.01. The van der Waals surface area contributed by atoms with Gasteiger partial charge in [-0.25, -0.2) is 9.78 Å². The molecule has 0 amide bonds. The molecule has 0 unspecified atom stereocenters. The summed E-state index contributed by atoms with van der Waals surface area (Å²) in [7, 11) is 0. The van der Waals surface area contributed by atoms with Crippen LogP contribution in [0, 0.1) is 0 Å². The van der Waals surface area contributed by atoms with Gasteiger partial charge in [0.1, 0.15) is 6.33 Å². The van der Waals surface area contributed by atoms with Crippen molar-refractivity contribution in [1.29, 1.82) is 0 Å². The van der Waals surface area contributed by atoms with Crippen molar-refractivity contribution in [2.24, 2.45) is 0 Å². The Morgan fingerprint density at radius 2 is 1.69 bits per heavy atom. The molecular formula is C26H20ClN3O2. The van der Waals surface area contributed by atoms with E-state index in [4.69, 9.17) is 16.3 Å². The molecule has 32 heavy (non-hydrogen) atoms. The highest BCUT2D eigenvalue weighted by Gasteiger charge is 2.25. The molecule has 0 radical (unpaired) electrons. The number of nitrogens with zero attached hydrogens (tertiary/aromatic N) is 3. The Morgan fingerprint density at radius 3 is 2.44 bits per heavy atom. The molecule has 0 aliphatic rings. The van der Waals surface area contributed by atoms with Crippen molar-refractivity contribution in [3.8, 4) is 22.8 Å². The van der Waals surface area contributed by atoms with Crippen LogP contribution in [0.25, 0.3) is 33.7 Å². The summed E-state index contributed by atoms with van der Waals surface area (Å²) in [6.07, 6.45) is 1.66. The van der Waals surface area contributed by atoms with E-state index in [1.807, 2.05) is 77.4 Å². The van der Waals surface area contributed by atoms with Gasteiger partial charge in [-0.2, -0.15) is 0 Å². The Hall–Kier alpha value is -3.83. The monoisotopic (exact) mass is 441 g/mol. The first-order valence-corrected chi connectivity index (χ1v) is 10.7. The van der Waals surface area contributed by atoms with Gasteiger partial charge < -0.3 is 4.74 Å². The number of aromatic nitrogens is 3. The molecule has 0 spiro atoms. The molecule has 0 bridgehead atoms. The van der Waals surface area contributed by atoms with Crippen LogP contribution in [0.15, 0.2) is 91.3 Å². The van der Waals surface area contributed by atoms with Crippen molar-refractivity contribution in [3.05, 3.63) is 102 Å². The number of benzene rings is 3. The van der Waals surface area contributed by atoms with Gasteiger partial charge >= 0.3 is 5.97 Å². The number of hydrogen-bond acceptors (Lipinski definition) is 3. The van der Waals surface area contributed by atoms with E-state index in [-0.39, 0.29) is 12.3 Å². The maximum atomic E-state index is 12.9. The maximum Gasteiger partial charge on any atom is 0.360 e. The molecule has 0 aliphatic carbocycles. The van der Waals surface area contributed by atoms with Crippen molar-refractivity contribution in [2.45, 2.75) is 6.92 Å². The van der Waals surface area contributed by atoms with Crippen LogP contribution in [-0.4, -0.2) is 26.7 Å². The maximum absolute atomic E-state index is 12.9. The van der Waals surface area contributed by atoms with Crippen LogP contribution in [0.2, 0.25) is 5.02 Å². The molecular weight excluding hydrogens is 422 g/mol. The molecule has 6 heteroatoms. The first-order valence-electron chi connectivity index (χ1n) is 10.3. The smallest absolute Gasteiger partial charge is 0.360 e. The molecule has 5 nitrogen and oxygen atoms in total. The number of rotatable bonds is 5. The Labute approximate surface area is 190 Å². The number of carbonyl (C=O) groups is 1. The lowest BCUT2D eigenvalue weighted by molar-refractivity contribution is 0.0520. The van der Waals surface area contributed by atoms with Gasteiger partial charge in [0.2, 0.25) is 0 Å². The third-order valence-corrected chi connectivity index (χ3v) is 5.56. The molecule has 0 fully saturated rings. The van der Waals surface area contributed by atoms with Crippen LogP contribution >= 0.6 is 11.6 Å². The second kappa shape index (κ2) is 8.36. The quantitative estimate of drug-likeness (QED) is 0.300. The minimum Gasteiger partial charge on any atom is -0.461 e. The summed E-state index contributed by atoms with van der Waals surface area (Å²) < 4.78 is 9.32. The predicted molar refractivity (Wildman–Crippen MR) is 127 cm³/mol. The molecule has 2 heterocycles. The minimum atomic E-state index is -0.461. The standard InChI is InChI=1S/C26H20ClN3O2/c1-2-32-26(31)24-25(29(17-28-24)21-9-4-3-5-10-21)30-22-11-7-6-8-19(22)16-23(30)18-12-14-20(27)15-13-18/h3-17H,2H2,1H3. The SMILES string of the molecule is CCOC(=O)c1ncn(-c2ccccc2)c1-n1c(-c2ccc(Cl)cc2)cc2ccccc21. The lowest BCUT2D eigenvalue weighted by Gasteiger charge is -2.16. The van der Waals surface area contributed by atoms with Crippen LogP contribution < -0.4 is 0 Å². The first kappa shape index (κ1) is 20.1. The molecule has 158 valence electrons. The van der Waals surface area contributed by atoms with E-state index >= 15 is 0 Å². The van der Waals surface area contributed by atoms with Gasteiger partial charge in [0, 0.05) is 16.1 Å². The van der Waals surface area contributed by atoms with E-state index in [0.717, 1.165) is 27.8 Å². The molecule has 0 aliphatic heterocycles. The minimum absolute atomic E-state index is 0.257. The third kappa shape index (κ3) is 3.47. The van der Waals surface area contributed by atoms with Gasteiger partial charge in [-0.05, 0) is 48.9 Å². The topological polar surface area (TPSA) is 49.0 Å². The van der Waals surface area contributed by atoms with Crippen LogP contribution in [-0.2, 0) is 4.74 Å². The fourth-order valence-corrected chi connectivity index (χ4v) is 4.02. The number of carbonyl (C=O) groups excluding carboxylic acids is 1. The highest BCUT2D eigenvalue weighted by molar-refractivity contribution is 6.30. The van der Waals surface area contributed by atoms with E-state index in [9.17, 15) is 4.79 Å². The summed E-state index contributed by atoms with van der Waals surface area (Å²) in [4.78, 5) is 17.4. The summed E-state index contributed by atoms with van der Waals surface area (Å²) >= 11 is 6.14. The number of halogens is 1. The van der Waals surface area contributed by atoms with E-state index in [0.29, 0.717) is 10.8 Å². The average Bonchev–Trinajstić information content (AvgIpc) is 3.42. The summed E-state index contributed by atoms with van der Waals surface area (Å²) in [5.74, 6) is 0.165. The van der Waals surface area contributed by atoms with Crippen LogP contribution in [0.1, 0.15) is 17.4 Å². The number of para-hydroxylation sites is 2.